The number of rotatable bonds is 2. The third-order valence-corrected chi connectivity index (χ3v) is 8.39. The first-order valence-electron chi connectivity index (χ1n) is 13.5. The molecule has 29 heavy (non-hydrogen) atoms. The molecule has 4 rings (SSSR count). The fraction of sp³-hybridized carbons (Fsp3) is 1.00. The molecule has 4 aliphatic rings. The van der Waals surface area contributed by atoms with Gasteiger partial charge in [0.25, 0.3) is 0 Å². The zero-order valence-corrected chi connectivity index (χ0v) is 19.6. The zero-order valence-electron chi connectivity index (χ0n) is 19.6. The molecule has 2 heterocycles. The van der Waals surface area contributed by atoms with Crippen molar-refractivity contribution in [1.82, 2.24) is 0 Å². The van der Waals surface area contributed by atoms with Crippen LogP contribution in [0.1, 0.15) is 122 Å². The summed E-state index contributed by atoms with van der Waals surface area (Å²) in [4.78, 5) is 0. The van der Waals surface area contributed by atoms with E-state index in [-0.39, 0.29) is 0 Å². The van der Waals surface area contributed by atoms with Crippen molar-refractivity contribution in [3.8, 4) is 0 Å². The average molecular weight is 407 g/mol. The molecule has 2 nitrogen and oxygen atoms in total. The summed E-state index contributed by atoms with van der Waals surface area (Å²) in [6, 6.07) is 0. The lowest BCUT2D eigenvalue weighted by Gasteiger charge is -2.25. The van der Waals surface area contributed by atoms with Crippen molar-refractivity contribution in [2.24, 2.45) is 23.7 Å². The van der Waals surface area contributed by atoms with Crippen molar-refractivity contribution in [2.45, 2.75) is 129 Å². The van der Waals surface area contributed by atoms with Crippen LogP contribution in [0.15, 0.2) is 0 Å². The quantitative estimate of drug-likeness (QED) is 0.433. The summed E-state index contributed by atoms with van der Waals surface area (Å²) in [5.74, 6) is 4.03. The van der Waals surface area contributed by atoms with E-state index >= 15 is 0 Å². The first-order chi connectivity index (χ1) is 14.3. The zero-order chi connectivity index (χ0) is 20.2. The van der Waals surface area contributed by atoms with Crippen molar-refractivity contribution < 1.29 is 9.47 Å². The van der Waals surface area contributed by atoms with Gasteiger partial charge in [-0.1, -0.05) is 77.0 Å². The van der Waals surface area contributed by atoms with Crippen LogP contribution in [0, 0.1) is 23.7 Å². The van der Waals surface area contributed by atoms with Crippen LogP contribution in [0.3, 0.4) is 0 Å². The molecule has 0 spiro atoms. The molecule has 0 aromatic rings. The van der Waals surface area contributed by atoms with Crippen LogP contribution in [-0.4, -0.2) is 25.9 Å². The molecule has 0 N–H and O–H groups in total. The Morgan fingerprint density at radius 1 is 0.448 bits per heavy atom. The Hall–Kier alpha value is -0.0800. The maximum absolute atomic E-state index is 5.76. The van der Waals surface area contributed by atoms with Gasteiger partial charge in [-0.2, -0.15) is 0 Å². The molecule has 0 aromatic carbocycles. The average Bonchev–Trinajstić information content (AvgIpc) is 3.31. The predicted molar refractivity (Wildman–Crippen MR) is 123 cm³/mol. The molecular weight excluding hydrogens is 356 g/mol. The van der Waals surface area contributed by atoms with Crippen LogP contribution >= 0.6 is 0 Å². The SMILES string of the molecule is C1CCCC(C2CCCOCC2)CC1.CC1CC(C2CCCCCC2)CCCO1. The summed E-state index contributed by atoms with van der Waals surface area (Å²) in [7, 11) is 0. The van der Waals surface area contributed by atoms with Crippen molar-refractivity contribution in [1.29, 1.82) is 0 Å². The van der Waals surface area contributed by atoms with Crippen molar-refractivity contribution >= 4 is 0 Å². The summed E-state index contributed by atoms with van der Waals surface area (Å²) in [6.07, 6.45) is 26.5. The molecule has 2 saturated carbocycles. The standard InChI is InChI=1S/C14H26O.C13H24O/c1-12-11-14(9-6-10-15-12)13-7-4-2-3-5-8-13;1-2-4-7-12(6-3-1)13-8-5-10-14-11-9-13/h12-14H,2-11H2,1H3;12-13H,1-11H2. The molecule has 0 bridgehead atoms. The van der Waals surface area contributed by atoms with Gasteiger partial charge in [-0.3, -0.25) is 0 Å². The number of ether oxygens (including phenoxy) is 2. The van der Waals surface area contributed by atoms with Crippen molar-refractivity contribution in [3.63, 3.8) is 0 Å². The fourth-order valence-corrected chi connectivity index (χ4v) is 6.64. The highest BCUT2D eigenvalue weighted by Gasteiger charge is 2.26. The minimum atomic E-state index is 0.515. The molecule has 2 heteroatoms. The van der Waals surface area contributed by atoms with Gasteiger partial charge in [0, 0.05) is 19.8 Å². The van der Waals surface area contributed by atoms with Crippen LogP contribution < -0.4 is 0 Å². The second-order valence-electron chi connectivity index (χ2n) is 10.6. The summed E-state index contributed by atoms with van der Waals surface area (Å²) in [5, 5.41) is 0. The molecule has 3 atom stereocenters. The molecule has 0 radical (unpaired) electrons. The smallest absolute Gasteiger partial charge is 0.0549 e. The second-order valence-corrected chi connectivity index (χ2v) is 10.6. The summed E-state index contributed by atoms with van der Waals surface area (Å²) < 4.78 is 11.3. The predicted octanol–water partition coefficient (Wildman–Crippen LogP) is 7.94. The van der Waals surface area contributed by atoms with E-state index in [1.165, 1.54) is 116 Å². The molecule has 3 unspecified atom stereocenters. The van der Waals surface area contributed by atoms with E-state index in [1.54, 1.807) is 0 Å². The van der Waals surface area contributed by atoms with Gasteiger partial charge in [0.2, 0.25) is 0 Å². The molecule has 2 saturated heterocycles. The minimum absolute atomic E-state index is 0.515. The lowest BCUT2D eigenvalue weighted by molar-refractivity contribution is 0.0632. The lowest BCUT2D eigenvalue weighted by atomic mass is 9.80. The molecule has 2 aliphatic carbocycles. The Labute approximate surface area is 181 Å². The van der Waals surface area contributed by atoms with Gasteiger partial charge >= 0.3 is 0 Å². The van der Waals surface area contributed by atoms with Crippen LogP contribution in [0.25, 0.3) is 0 Å². The van der Waals surface area contributed by atoms with Gasteiger partial charge < -0.3 is 9.47 Å². The third kappa shape index (κ3) is 8.90. The summed E-state index contributed by atoms with van der Waals surface area (Å²) in [6.45, 7) is 5.31. The van der Waals surface area contributed by atoms with E-state index in [9.17, 15) is 0 Å². The number of hydrogen-bond donors (Lipinski definition) is 0. The van der Waals surface area contributed by atoms with Gasteiger partial charge in [-0.25, -0.2) is 0 Å². The minimum Gasteiger partial charge on any atom is -0.381 e. The molecule has 0 aromatic heterocycles. The molecule has 170 valence electrons. The first kappa shape index (κ1) is 23.6. The normalized spacial score (nSPS) is 34.0. The largest absolute Gasteiger partial charge is 0.381 e. The van der Waals surface area contributed by atoms with E-state index in [1.807, 2.05) is 0 Å². The van der Waals surface area contributed by atoms with E-state index in [4.69, 9.17) is 9.47 Å². The van der Waals surface area contributed by atoms with Crippen molar-refractivity contribution in [2.75, 3.05) is 19.8 Å². The summed E-state index contributed by atoms with van der Waals surface area (Å²) >= 11 is 0. The monoisotopic (exact) mass is 406 g/mol. The van der Waals surface area contributed by atoms with E-state index in [0.717, 1.165) is 43.5 Å². The highest BCUT2D eigenvalue weighted by Crippen LogP contribution is 2.36. The second kappa shape index (κ2) is 14.1. The van der Waals surface area contributed by atoms with E-state index < -0.39 is 0 Å². The highest BCUT2D eigenvalue weighted by molar-refractivity contribution is 4.77. The lowest BCUT2D eigenvalue weighted by Crippen LogP contribution is -2.18. The van der Waals surface area contributed by atoms with Crippen LogP contribution in [0.5, 0.6) is 0 Å². The third-order valence-electron chi connectivity index (χ3n) is 8.39. The maximum Gasteiger partial charge on any atom is 0.0549 e. The van der Waals surface area contributed by atoms with Gasteiger partial charge in [0.15, 0.2) is 0 Å². The molecule has 0 amide bonds. The fourth-order valence-electron chi connectivity index (χ4n) is 6.64. The maximum atomic E-state index is 5.76. The van der Waals surface area contributed by atoms with E-state index in [2.05, 4.69) is 6.92 Å². The van der Waals surface area contributed by atoms with Gasteiger partial charge in [-0.05, 0) is 69.1 Å². The van der Waals surface area contributed by atoms with Gasteiger partial charge in [0.1, 0.15) is 0 Å². The topological polar surface area (TPSA) is 18.5 Å². The Balaban J connectivity index is 0.000000166. The molecule has 4 fully saturated rings. The van der Waals surface area contributed by atoms with E-state index in [0.29, 0.717) is 6.10 Å². The van der Waals surface area contributed by atoms with Gasteiger partial charge in [-0.15, -0.1) is 0 Å². The van der Waals surface area contributed by atoms with Crippen molar-refractivity contribution in [3.05, 3.63) is 0 Å². The van der Waals surface area contributed by atoms with Crippen LogP contribution in [-0.2, 0) is 9.47 Å². The van der Waals surface area contributed by atoms with Crippen LogP contribution in [0.2, 0.25) is 0 Å². The first-order valence-corrected chi connectivity index (χ1v) is 13.5. The number of hydrogen-bond acceptors (Lipinski definition) is 2. The molecule has 2 aliphatic heterocycles. The van der Waals surface area contributed by atoms with Gasteiger partial charge in [0.05, 0.1) is 6.10 Å². The Morgan fingerprint density at radius 2 is 0.931 bits per heavy atom. The Kier molecular flexibility index (Phi) is 11.4. The summed E-state index contributed by atoms with van der Waals surface area (Å²) in [5.41, 5.74) is 0. The Morgan fingerprint density at radius 3 is 1.59 bits per heavy atom. The highest BCUT2D eigenvalue weighted by atomic mass is 16.5. The van der Waals surface area contributed by atoms with Crippen LogP contribution in [0.4, 0.5) is 0 Å². The Bertz CT molecular complexity index is 367. The molecular formula is C27H50O2.